The Morgan fingerprint density at radius 3 is 2.93 bits per heavy atom. The van der Waals surface area contributed by atoms with Gasteiger partial charge in [0, 0.05) is 19.0 Å². The molecule has 0 aliphatic heterocycles. The van der Waals surface area contributed by atoms with E-state index in [1.807, 2.05) is 6.20 Å². The summed E-state index contributed by atoms with van der Waals surface area (Å²) in [4.78, 5) is 4.52. The molecule has 0 amide bonds. The first-order chi connectivity index (χ1) is 6.72. The fraction of sp³-hybridized carbons (Fsp3) is 0.364. The van der Waals surface area contributed by atoms with E-state index in [9.17, 15) is 0 Å². The summed E-state index contributed by atoms with van der Waals surface area (Å²) in [6.07, 6.45) is 2.05. The largest absolute Gasteiger partial charge is 0.378 e. The van der Waals surface area contributed by atoms with Crippen LogP contribution in [0.5, 0.6) is 0 Å². The van der Waals surface area contributed by atoms with Crippen LogP contribution < -0.4 is 0 Å². The normalized spacial score (nSPS) is 11.1. The van der Waals surface area contributed by atoms with E-state index in [1.165, 1.54) is 11.3 Å². The van der Waals surface area contributed by atoms with Gasteiger partial charge in [0.25, 0.3) is 0 Å². The Balaban J connectivity index is 2.63. The maximum absolute atomic E-state index is 5.08. The van der Waals surface area contributed by atoms with Gasteiger partial charge in [-0.1, -0.05) is 0 Å². The van der Waals surface area contributed by atoms with Crippen LogP contribution in [-0.2, 0) is 11.3 Å². The summed E-state index contributed by atoms with van der Waals surface area (Å²) >= 11 is 0. The summed E-state index contributed by atoms with van der Waals surface area (Å²) in [7, 11) is 1.69. The highest BCUT2D eigenvalue weighted by Crippen LogP contribution is 2.13. The summed E-state index contributed by atoms with van der Waals surface area (Å²) in [6.45, 7) is 4.72. The van der Waals surface area contributed by atoms with Gasteiger partial charge >= 0.3 is 0 Å². The number of ether oxygens (including phenoxy) is 1. The number of aryl methyl sites for hydroxylation is 2. The quantitative estimate of drug-likeness (QED) is 0.725. The highest BCUT2D eigenvalue weighted by molar-refractivity contribution is 5.49. The molecule has 2 heterocycles. The highest BCUT2D eigenvalue weighted by atomic mass is 16.5. The van der Waals surface area contributed by atoms with Crippen molar-refractivity contribution in [3.63, 3.8) is 0 Å². The highest BCUT2D eigenvalue weighted by Gasteiger charge is 2.04. The average Bonchev–Trinajstić information content (AvgIpc) is 2.49. The van der Waals surface area contributed by atoms with Crippen LogP contribution in [0.15, 0.2) is 18.3 Å². The van der Waals surface area contributed by atoms with Crippen molar-refractivity contribution in [1.29, 1.82) is 0 Å². The smallest absolute Gasteiger partial charge is 0.140 e. The van der Waals surface area contributed by atoms with Crippen LogP contribution in [0.25, 0.3) is 5.65 Å². The van der Waals surface area contributed by atoms with E-state index in [1.54, 1.807) is 7.11 Å². The summed E-state index contributed by atoms with van der Waals surface area (Å²) in [5.41, 5.74) is 4.40. The molecule has 0 bridgehead atoms. The summed E-state index contributed by atoms with van der Waals surface area (Å²) in [5, 5.41) is 0. The van der Waals surface area contributed by atoms with Gasteiger partial charge in [-0.3, -0.25) is 0 Å². The number of rotatable bonds is 2. The first-order valence-corrected chi connectivity index (χ1v) is 4.65. The third-order valence-electron chi connectivity index (χ3n) is 2.35. The fourth-order valence-corrected chi connectivity index (χ4v) is 1.65. The molecule has 2 rings (SSSR count). The summed E-state index contributed by atoms with van der Waals surface area (Å²) < 4.78 is 7.17. The van der Waals surface area contributed by atoms with Gasteiger partial charge in [-0.05, 0) is 31.5 Å². The molecule has 0 fully saturated rings. The van der Waals surface area contributed by atoms with E-state index in [2.05, 4.69) is 35.4 Å². The lowest BCUT2D eigenvalue weighted by Gasteiger charge is -2.05. The lowest BCUT2D eigenvalue weighted by molar-refractivity contribution is 0.181. The molecule has 0 saturated carbocycles. The fourth-order valence-electron chi connectivity index (χ4n) is 1.65. The maximum atomic E-state index is 5.08. The third-order valence-corrected chi connectivity index (χ3v) is 2.35. The van der Waals surface area contributed by atoms with Crippen molar-refractivity contribution in [1.82, 2.24) is 9.38 Å². The van der Waals surface area contributed by atoms with Crippen molar-refractivity contribution < 1.29 is 4.74 Å². The third kappa shape index (κ3) is 1.40. The second kappa shape index (κ2) is 3.42. The minimum absolute atomic E-state index is 0.571. The zero-order chi connectivity index (χ0) is 10.1. The number of hydrogen-bond donors (Lipinski definition) is 0. The number of aromatic nitrogens is 2. The van der Waals surface area contributed by atoms with Gasteiger partial charge in [0.1, 0.15) is 5.65 Å². The molecule has 0 saturated heterocycles. The van der Waals surface area contributed by atoms with Crippen LogP contribution in [0.1, 0.15) is 17.0 Å². The van der Waals surface area contributed by atoms with Gasteiger partial charge in [0.2, 0.25) is 0 Å². The molecule has 3 nitrogen and oxygen atoms in total. The standard InChI is InChI=1S/C11H14N2O/c1-8-4-5-13-9(2)6-10(7-14-3)12-11(8)13/h4-6H,7H2,1-3H3. The van der Waals surface area contributed by atoms with Crippen molar-refractivity contribution in [2.24, 2.45) is 0 Å². The number of methoxy groups -OCH3 is 1. The molecular formula is C11H14N2O. The van der Waals surface area contributed by atoms with Crippen molar-refractivity contribution >= 4 is 5.65 Å². The first-order valence-electron chi connectivity index (χ1n) is 4.65. The molecule has 0 unspecified atom stereocenters. The Bertz CT molecular complexity index is 460. The molecule has 0 aromatic carbocycles. The lowest BCUT2D eigenvalue weighted by atomic mass is 10.3. The molecule has 14 heavy (non-hydrogen) atoms. The molecule has 0 spiro atoms. The second-order valence-corrected chi connectivity index (χ2v) is 3.51. The lowest BCUT2D eigenvalue weighted by Crippen LogP contribution is -1.99. The van der Waals surface area contributed by atoms with E-state index < -0.39 is 0 Å². The van der Waals surface area contributed by atoms with E-state index in [-0.39, 0.29) is 0 Å². The Kier molecular flexibility index (Phi) is 2.25. The van der Waals surface area contributed by atoms with Gasteiger partial charge in [-0.15, -0.1) is 0 Å². The van der Waals surface area contributed by atoms with Crippen molar-refractivity contribution in [3.8, 4) is 0 Å². The Labute approximate surface area is 83.3 Å². The Hall–Kier alpha value is -1.35. The molecule has 0 radical (unpaired) electrons. The van der Waals surface area contributed by atoms with E-state index >= 15 is 0 Å². The zero-order valence-corrected chi connectivity index (χ0v) is 8.74. The summed E-state index contributed by atoms with van der Waals surface area (Å²) in [5.74, 6) is 0. The topological polar surface area (TPSA) is 26.5 Å². The molecule has 74 valence electrons. The number of nitrogens with zero attached hydrogens (tertiary/aromatic N) is 2. The predicted octanol–water partition coefficient (Wildman–Crippen LogP) is 2.10. The van der Waals surface area contributed by atoms with Crippen molar-refractivity contribution in [2.45, 2.75) is 20.5 Å². The summed E-state index contributed by atoms with van der Waals surface area (Å²) in [6, 6.07) is 4.13. The predicted molar refractivity (Wildman–Crippen MR) is 55.4 cm³/mol. The molecular weight excluding hydrogens is 176 g/mol. The van der Waals surface area contributed by atoms with Crippen molar-refractivity contribution in [3.05, 3.63) is 35.3 Å². The van der Waals surface area contributed by atoms with Gasteiger partial charge < -0.3 is 9.14 Å². The SMILES string of the molecule is COCc1cc(C)n2ccc(C)c2n1. The first kappa shape index (κ1) is 9.21. The monoisotopic (exact) mass is 190 g/mol. The second-order valence-electron chi connectivity index (χ2n) is 3.51. The van der Waals surface area contributed by atoms with Crippen molar-refractivity contribution in [2.75, 3.05) is 7.11 Å². The van der Waals surface area contributed by atoms with Crippen LogP contribution >= 0.6 is 0 Å². The van der Waals surface area contributed by atoms with Crippen LogP contribution in [0.4, 0.5) is 0 Å². The van der Waals surface area contributed by atoms with E-state index in [0.29, 0.717) is 6.61 Å². The Morgan fingerprint density at radius 2 is 2.21 bits per heavy atom. The minimum Gasteiger partial charge on any atom is -0.378 e. The zero-order valence-electron chi connectivity index (χ0n) is 8.74. The molecule has 0 N–H and O–H groups in total. The van der Waals surface area contributed by atoms with Gasteiger partial charge in [0.05, 0.1) is 12.3 Å². The molecule has 0 aliphatic rings. The minimum atomic E-state index is 0.571. The molecule has 0 atom stereocenters. The van der Waals surface area contributed by atoms with E-state index in [0.717, 1.165) is 11.3 Å². The number of hydrogen-bond acceptors (Lipinski definition) is 2. The van der Waals surface area contributed by atoms with Gasteiger partial charge in [-0.2, -0.15) is 0 Å². The van der Waals surface area contributed by atoms with Crippen LogP contribution in [0, 0.1) is 13.8 Å². The van der Waals surface area contributed by atoms with Gasteiger partial charge in [0.15, 0.2) is 0 Å². The van der Waals surface area contributed by atoms with Crippen LogP contribution in [0.2, 0.25) is 0 Å². The van der Waals surface area contributed by atoms with Gasteiger partial charge in [-0.25, -0.2) is 4.98 Å². The molecule has 0 aliphatic carbocycles. The molecule has 2 aromatic heterocycles. The number of fused-ring (bicyclic) bond motifs is 1. The average molecular weight is 190 g/mol. The van der Waals surface area contributed by atoms with Crippen LogP contribution in [-0.4, -0.2) is 16.5 Å². The van der Waals surface area contributed by atoms with E-state index in [4.69, 9.17) is 4.74 Å². The molecule has 2 aromatic rings. The maximum Gasteiger partial charge on any atom is 0.140 e. The Morgan fingerprint density at radius 1 is 1.43 bits per heavy atom. The molecule has 3 heteroatoms. The van der Waals surface area contributed by atoms with Crippen LogP contribution in [0.3, 0.4) is 0 Å².